The second-order valence-corrected chi connectivity index (χ2v) is 15.8. The van der Waals surface area contributed by atoms with Crippen LogP contribution in [0.4, 0.5) is 0 Å². The lowest BCUT2D eigenvalue weighted by atomic mass is 9.88. The molecule has 234 valence electrons. The maximum Gasteiger partial charge on any atom is 0.0433 e. The van der Waals surface area contributed by atoms with Gasteiger partial charge in [0.05, 0.1) is 0 Å². The number of thioether (sulfide) groups is 1. The molecule has 2 unspecified atom stereocenters. The number of hydrogen-bond acceptors (Lipinski definition) is 2. The van der Waals surface area contributed by atoms with E-state index in [0.29, 0.717) is 11.2 Å². The van der Waals surface area contributed by atoms with E-state index >= 15 is 0 Å². The maximum absolute atomic E-state index is 2.44. The third kappa shape index (κ3) is 4.25. The zero-order chi connectivity index (χ0) is 32.8. The first-order valence-corrected chi connectivity index (χ1v) is 19.0. The lowest BCUT2D eigenvalue weighted by Gasteiger charge is -2.16. The van der Waals surface area contributed by atoms with E-state index in [0.717, 1.165) is 0 Å². The minimum absolute atomic E-state index is 0.429. The highest BCUT2D eigenvalue weighted by molar-refractivity contribution is 8.00. The Kier molecular flexibility index (Phi) is 6.28. The van der Waals surface area contributed by atoms with E-state index in [2.05, 4.69) is 170 Å². The number of fused-ring (bicyclic) bond motifs is 12. The van der Waals surface area contributed by atoms with Crippen LogP contribution in [0.3, 0.4) is 0 Å². The molecule has 1 aliphatic heterocycles. The molecular weight excluding hydrogens is 641 g/mol. The van der Waals surface area contributed by atoms with Crippen molar-refractivity contribution in [2.24, 2.45) is 0 Å². The normalized spacial score (nSPS) is 16.6. The van der Waals surface area contributed by atoms with E-state index < -0.39 is 0 Å². The molecule has 0 bridgehead atoms. The van der Waals surface area contributed by atoms with Crippen molar-refractivity contribution < 1.29 is 0 Å². The van der Waals surface area contributed by atoms with Gasteiger partial charge >= 0.3 is 0 Å². The van der Waals surface area contributed by atoms with Gasteiger partial charge in [0, 0.05) is 36.2 Å². The van der Waals surface area contributed by atoms with Crippen LogP contribution in [-0.4, -0.2) is 5.25 Å². The summed E-state index contributed by atoms with van der Waals surface area (Å²) in [6.07, 6.45) is 9.16. The summed E-state index contributed by atoms with van der Waals surface area (Å²) in [7, 11) is 0. The molecule has 2 heteroatoms. The molecule has 9 aromatic rings. The number of hydrogen-bond donors (Lipinski definition) is 0. The first-order valence-electron chi connectivity index (χ1n) is 17.3. The predicted molar refractivity (Wildman–Crippen MR) is 219 cm³/mol. The van der Waals surface area contributed by atoms with E-state index in [-0.39, 0.29) is 0 Å². The van der Waals surface area contributed by atoms with Crippen molar-refractivity contribution in [1.82, 2.24) is 0 Å². The summed E-state index contributed by atoms with van der Waals surface area (Å²) in [5.41, 5.74) is 9.08. The monoisotopic (exact) mass is 670 g/mol. The Balaban J connectivity index is 1.18. The van der Waals surface area contributed by atoms with Crippen molar-refractivity contribution in [2.75, 3.05) is 0 Å². The van der Waals surface area contributed by atoms with Crippen LogP contribution in [0.5, 0.6) is 0 Å². The van der Waals surface area contributed by atoms with Gasteiger partial charge < -0.3 is 0 Å². The molecular formula is C48H30S2. The zero-order valence-corrected chi connectivity index (χ0v) is 28.8. The van der Waals surface area contributed by atoms with Gasteiger partial charge in [-0.3, -0.25) is 0 Å². The van der Waals surface area contributed by atoms with Gasteiger partial charge in [-0.05, 0) is 102 Å². The van der Waals surface area contributed by atoms with Crippen molar-refractivity contribution >= 4 is 75.6 Å². The quantitative estimate of drug-likeness (QED) is 0.169. The van der Waals surface area contributed by atoms with Crippen LogP contribution in [0.15, 0.2) is 175 Å². The lowest BCUT2D eigenvalue weighted by Crippen LogP contribution is -2.06. The van der Waals surface area contributed by atoms with Crippen molar-refractivity contribution in [3.05, 3.63) is 175 Å². The van der Waals surface area contributed by atoms with Crippen LogP contribution in [0, 0.1) is 0 Å². The lowest BCUT2D eigenvalue weighted by molar-refractivity contribution is 0.881. The summed E-state index contributed by atoms with van der Waals surface area (Å²) in [5.74, 6) is 0.429. The molecule has 0 fully saturated rings. The third-order valence-electron chi connectivity index (χ3n) is 10.8. The fraction of sp³-hybridized carbons (Fsp3) is 0.0417. The van der Waals surface area contributed by atoms with Crippen LogP contribution in [-0.2, 0) is 0 Å². The number of thiophene rings is 1. The zero-order valence-electron chi connectivity index (χ0n) is 27.1. The van der Waals surface area contributed by atoms with Gasteiger partial charge in [0.15, 0.2) is 0 Å². The Morgan fingerprint density at radius 3 is 1.80 bits per heavy atom. The average Bonchev–Trinajstić information content (AvgIpc) is 3.76. The van der Waals surface area contributed by atoms with E-state index in [1.807, 2.05) is 23.1 Å². The summed E-state index contributed by atoms with van der Waals surface area (Å²) in [6, 6.07) is 54.7. The predicted octanol–water partition coefficient (Wildman–Crippen LogP) is 14.2. The van der Waals surface area contributed by atoms with Gasteiger partial charge in [-0.25, -0.2) is 0 Å². The van der Waals surface area contributed by atoms with Gasteiger partial charge in [0.2, 0.25) is 0 Å². The summed E-state index contributed by atoms with van der Waals surface area (Å²) < 4.78 is 2.68. The summed E-state index contributed by atoms with van der Waals surface area (Å²) >= 11 is 3.92. The van der Waals surface area contributed by atoms with Crippen molar-refractivity contribution in [3.8, 4) is 33.4 Å². The molecule has 2 atom stereocenters. The molecule has 0 saturated carbocycles. The molecule has 50 heavy (non-hydrogen) atoms. The Morgan fingerprint density at radius 1 is 0.400 bits per heavy atom. The largest absolute Gasteiger partial charge is 0.135 e. The van der Waals surface area contributed by atoms with Crippen LogP contribution in [0.1, 0.15) is 11.5 Å². The van der Waals surface area contributed by atoms with Gasteiger partial charge in [-0.1, -0.05) is 140 Å². The van der Waals surface area contributed by atoms with E-state index in [9.17, 15) is 0 Å². The highest BCUT2D eigenvalue weighted by atomic mass is 32.2. The second kappa shape index (κ2) is 11.1. The minimum atomic E-state index is 0.429. The van der Waals surface area contributed by atoms with Gasteiger partial charge in [0.1, 0.15) is 0 Å². The molecule has 1 aliphatic carbocycles. The van der Waals surface area contributed by atoms with Crippen molar-refractivity contribution in [3.63, 3.8) is 0 Å². The highest BCUT2D eigenvalue weighted by Crippen LogP contribution is 2.52. The average molecular weight is 671 g/mol. The van der Waals surface area contributed by atoms with Crippen LogP contribution >= 0.6 is 23.1 Å². The molecule has 0 spiro atoms. The van der Waals surface area contributed by atoms with Crippen molar-refractivity contribution in [2.45, 2.75) is 16.1 Å². The Bertz CT molecular complexity index is 2890. The molecule has 0 amide bonds. The first-order chi connectivity index (χ1) is 24.8. The SMILES string of the molecule is C1=CC2Sc3c(-c4cc(-c5ccc6c7ccccc7c7ccccc7c6c5)cc(-c5cccc6c5sc5ccccc56)c4)cccc3C2C=C1. The highest BCUT2D eigenvalue weighted by Gasteiger charge is 2.32. The van der Waals surface area contributed by atoms with Crippen LogP contribution in [0.2, 0.25) is 0 Å². The molecule has 2 aliphatic rings. The Labute approximate surface area is 299 Å². The van der Waals surface area contributed by atoms with Gasteiger partial charge in [0.25, 0.3) is 0 Å². The number of benzene rings is 8. The maximum atomic E-state index is 2.44. The van der Waals surface area contributed by atoms with Crippen LogP contribution < -0.4 is 0 Å². The summed E-state index contributed by atoms with van der Waals surface area (Å²) in [6.45, 7) is 0. The molecule has 0 saturated heterocycles. The minimum Gasteiger partial charge on any atom is -0.135 e. The molecule has 0 radical (unpaired) electrons. The third-order valence-corrected chi connectivity index (χ3v) is 13.4. The van der Waals surface area contributed by atoms with Gasteiger partial charge in [-0.2, -0.15) is 0 Å². The number of allylic oxidation sites excluding steroid dienone is 3. The molecule has 0 N–H and O–H groups in total. The second-order valence-electron chi connectivity index (χ2n) is 13.5. The van der Waals surface area contributed by atoms with Crippen LogP contribution in [0.25, 0.3) is 85.9 Å². The topological polar surface area (TPSA) is 0 Å². The standard InChI is InChI=1S/C48H30S2/c1-2-13-37-35(11-1)36-12-3-4-14-38(36)44-28-29(23-24-39(37)44)30-25-31(33-17-9-19-42-40-15-5-7-21-45(40)49-47(33)42)27-32(26-30)34-18-10-20-43-41-16-6-8-22-46(41)50-48(34)43/h1-28,40,45H. The number of rotatable bonds is 3. The summed E-state index contributed by atoms with van der Waals surface area (Å²) in [4.78, 5) is 1.41. The fourth-order valence-corrected chi connectivity index (χ4v) is 11.2. The van der Waals surface area contributed by atoms with Gasteiger partial charge in [-0.15, -0.1) is 23.1 Å². The molecule has 11 rings (SSSR count). The first kappa shape index (κ1) is 28.4. The fourth-order valence-electron chi connectivity index (χ4n) is 8.46. The van der Waals surface area contributed by atoms with E-state index in [1.54, 1.807) is 0 Å². The van der Waals surface area contributed by atoms with E-state index in [1.165, 1.54) is 96.3 Å². The Morgan fingerprint density at radius 2 is 1.00 bits per heavy atom. The summed E-state index contributed by atoms with van der Waals surface area (Å²) in [5, 5.41) is 10.9. The Hall–Kier alpha value is -5.41. The smallest absolute Gasteiger partial charge is 0.0433 e. The molecule has 8 aromatic carbocycles. The molecule has 0 nitrogen and oxygen atoms in total. The molecule has 2 heterocycles. The molecule has 1 aromatic heterocycles. The van der Waals surface area contributed by atoms with Crippen molar-refractivity contribution in [1.29, 1.82) is 0 Å². The van der Waals surface area contributed by atoms with E-state index in [4.69, 9.17) is 0 Å².